The first-order valence-corrected chi connectivity index (χ1v) is 8.94. The Bertz CT molecular complexity index is 701. The summed E-state index contributed by atoms with van der Waals surface area (Å²) in [5.41, 5.74) is 0. The molecule has 2 aromatic carbocycles. The molecule has 0 aliphatic rings. The van der Waals surface area contributed by atoms with Crippen molar-refractivity contribution in [1.82, 2.24) is 0 Å². The fourth-order valence-corrected chi connectivity index (χ4v) is 3.92. The van der Waals surface area contributed by atoms with Crippen molar-refractivity contribution in [2.75, 3.05) is 0 Å². The van der Waals surface area contributed by atoms with Crippen LogP contribution in [0.2, 0.25) is 0 Å². The fraction of sp³-hybridized carbons (Fsp3) is 0.0714. The van der Waals surface area contributed by atoms with Crippen molar-refractivity contribution in [3.05, 3.63) is 41.0 Å². The van der Waals surface area contributed by atoms with Crippen LogP contribution in [-0.4, -0.2) is 11.1 Å². The third kappa shape index (κ3) is 4.58. The van der Waals surface area contributed by atoms with Gasteiger partial charge in [0.05, 0.1) is 7.14 Å². The summed E-state index contributed by atoms with van der Waals surface area (Å²) in [6, 6.07) is 8.59. The average Bonchev–Trinajstić information content (AvgIpc) is 2.37. The van der Waals surface area contributed by atoms with Gasteiger partial charge < -0.3 is 14.6 Å². The topological polar surface area (TPSA) is 55.8 Å². The SMILES string of the molecule is CC(=O)Oc1cc(I)cc(I)c1Oc1ccc(O)c(I)c1. The van der Waals surface area contributed by atoms with Gasteiger partial charge in [0.1, 0.15) is 11.5 Å². The average molecular weight is 622 g/mol. The maximum absolute atomic E-state index is 11.2. The number of hydrogen-bond acceptors (Lipinski definition) is 4. The summed E-state index contributed by atoms with van der Waals surface area (Å²) >= 11 is 6.29. The molecule has 0 bridgehead atoms. The summed E-state index contributed by atoms with van der Waals surface area (Å²) in [5.74, 6) is 1.21. The normalized spacial score (nSPS) is 10.3. The Kier molecular flexibility index (Phi) is 5.94. The number of hydrogen-bond donors (Lipinski definition) is 1. The van der Waals surface area contributed by atoms with E-state index in [2.05, 4.69) is 45.2 Å². The van der Waals surface area contributed by atoms with Crippen LogP contribution < -0.4 is 9.47 Å². The van der Waals surface area contributed by atoms with Gasteiger partial charge >= 0.3 is 5.97 Å². The Morgan fingerprint density at radius 3 is 2.43 bits per heavy atom. The molecule has 0 unspecified atom stereocenters. The highest BCUT2D eigenvalue weighted by atomic mass is 127. The fourth-order valence-electron chi connectivity index (χ4n) is 1.54. The summed E-state index contributed by atoms with van der Waals surface area (Å²) < 4.78 is 13.5. The van der Waals surface area contributed by atoms with Crippen LogP contribution in [0, 0.1) is 10.7 Å². The van der Waals surface area contributed by atoms with Crippen LogP contribution in [0.1, 0.15) is 6.92 Å². The van der Waals surface area contributed by atoms with E-state index in [1.54, 1.807) is 24.3 Å². The minimum absolute atomic E-state index is 0.195. The minimum atomic E-state index is -0.405. The number of rotatable bonds is 3. The van der Waals surface area contributed by atoms with Gasteiger partial charge in [-0.3, -0.25) is 4.79 Å². The van der Waals surface area contributed by atoms with E-state index in [9.17, 15) is 9.90 Å². The van der Waals surface area contributed by atoms with Gasteiger partial charge in [-0.25, -0.2) is 0 Å². The maximum Gasteiger partial charge on any atom is 0.308 e. The number of esters is 1. The molecule has 0 amide bonds. The van der Waals surface area contributed by atoms with Crippen molar-refractivity contribution in [3.8, 4) is 23.0 Å². The van der Waals surface area contributed by atoms with Gasteiger partial charge in [0, 0.05) is 10.5 Å². The summed E-state index contributed by atoms with van der Waals surface area (Å²) in [7, 11) is 0. The van der Waals surface area contributed by atoms with Crippen molar-refractivity contribution in [2.45, 2.75) is 6.92 Å². The van der Waals surface area contributed by atoms with E-state index < -0.39 is 5.97 Å². The van der Waals surface area contributed by atoms with Crippen LogP contribution in [0.25, 0.3) is 0 Å². The Labute approximate surface area is 162 Å². The molecular weight excluding hydrogens is 613 g/mol. The van der Waals surface area contributed by atoms with Crippen molar-refractivity contribution in [1.29, 1.82) is 0 Å². The van der Waals surface area contributed by atoms with Gasteiger partial charge in [-0.1, -0.05) is 0 Å². The number of benzene rings is 2. The van der Waals surface area contributed by atoms with Gasteiger partial charge in [-0.05, 0) is 98.1 Å². The molecule has 7 heteroatoms. The van der Waals surface area contributed by atoms with E-state index in [1.807, 2.05) is 28.7 Å². The first-order valence-electron chi connectivity index (χ1n) is 5.70. The molecule has 0 aliphatic heterocycles. The number of aromatic hydroxyl groups is 1. The van der Waals surface area contributed by atoms with Crippen LogP contribution in [0.4, 0.5) is 0 Å². The summed E-state index contributed by atoms with van der Waals surface area (Å²) in [4.78, 5) is 11.2. The first kappa shape index (κ1) is 17.1. The molecule has 0 aromatic heterocycles. The van der Waals surface area contributed by atoms with E-state index in [1.165, 1.54) is 6.92 Å². The van der Waals surface area contributed by atoms with Crippen LogP contribution in [0.15, 0.2) is 30.3 Å². The number of phenols is 1. The zero-order chi connectivity index (χ0) is 15.6. The van der Waals surface area contributed by atoms with E-state index in [0.29, 0.717) is 20.8 Å². The van der Waals surface area contributed by atoms with Crippen molar-refractivity contribution >= 4 is 73.7 Å². The molecule has 2 aromatic rings. The number of halogens is 3. The monoisotopic (exact) mass is 622 g/mol. The van der Waals surface area contributed by atoms with Crippen LogP contribution in [0.5, 0.6) is 23.0 Å². The molecule has 0 aliphatic carbocycles. The first-order chi connectivity index (χ1) is 9.86. The minimum Gasteiger partial charge on any atom is -0.507 e. The zero-order valence-corrected chi connectivity index (χ0v) is 17.2. The lowest BCUT2D eigenvalue weighted by Gasteiger charge is -2.13. The Hall–Kier alpha value is -0.300. The third-order valence-electron chi connectivity index (χ3n) is 2.37. The molecule has 0 fully saturated rings. The maximum atomic E-state index is 11.2. The number of carbonyl (C=O) groups excluding carboxylic acids is 1. The van der Waals surface area contributed by atoms with Crippen molar-refractivity contribution < 1.29 is 19.4 Å². The molecule has 0 spiro atoms. The van der Waals surface area contributed by atoms with Gasteiger partial charge in [-0.2, -0.15) is 0 Å². The Morgan fingerprint density at radius 2 is 1.81 bits per heavy atom. The Balaban J connectivity index is 2.42. The summed E-state index contributed by atoms with van der Waals surface area (Å²) in [5, 5.41) is 9.54. The zero-order valence-electron chi connectivity index (χ0n) is 10.7. The second-order valence-corrected chi connectivity index (χ2v) is 7.59. The number of ether oxygens (including phenoxy) is 2. The molecule has 1 N–H and O–H groups in total. The van der Waals surface area contributed by atoms with Gasteiger partial charge in [0.25, 0.3) is 0 Å². The molecule has 4 nitrogen and oxygen atoms in total. The molecule has 0 atom stereocenters. The lowest BCUT2D eigenvalue weighted by atomic mass is 10.3. The molecule has 110 valence electrons. The van der Waals surface area contributed by atoms with Crippen LogP contribution in [0.3, 0.4) is 0 Å². The van der Waals surface area contributed by atoms with Crippen LogP contribution >= 0.6 is 67.8 Å². The molecule has 0 saturated carbocycles. The third-order valence-corrected chi connectivity index (χ3v) is 4.66. The quantitative estimate of drug-likeness (QED) is 0.300. The van der Waals surface area contributed by atoms with E-state index in [-0.39, 0.29) is 5.75 Å². The largest absolute Gasteiger partial charge is 0.507 e. The lowest BCUT2D eigenvalue weighted by molar-refractivity contribution is -0.132. The second-order valence-electron chi connectivity index (χ2n) is 4.02. The molecule has 0 heterocycles. The highest BCUT2D eigenvalue weighted by Gasteiger charge is 2.15. The molecule has 0 saturated heterocycles. The van der Waals surface area contributed by atoms with Crippen molar-refractivity contribution in [3.63, 3.8) is 0 Å². The van der Waals surface area contributed by atoms with E-state index in [0.717, 1.165) is 7.14 Å². The standard InChI is InChI=1S/C14H9I3O4/c1-7(18)20-13-5-8(15)4-11(17)14(13)21-9-2-3-12(19)10(16)6-9/h2-6,19H,1H3. The molecular formula is C14H9I3O4. The second kappa shape index (κ2) is 7.31. The van der Waals surface area contributed by atoms with Crippen molar-refractivity contribution in [2.24, 2.45) is 0 Å². The summed E-state index contributed by atoms with van der Waals surface area (Å²) in [6.07, 6.45) is 0. The van der Waals surface area contributed by atoms with Gasteiger partial charge in [0.2, 0.25) is 0 Å². The predicted molar refractivity (Wildman–Crippen MR) is 104 cm³/mol. The molecule has 21 heavy (non-hydrogen) atoms. The predicted octanol–water partition coefficient (Wildman–Crippen LogP) is 4.92. The van der Waals surface area contributed by atoms with Gasteiger partial charge in [-0.15, -0.1) is 0 Å². The number of carbonyl (C=O) groups is 1. The van der Waals surface area contributed by atoms with E-state index in [4.69, 9.17) is 9.47 Å². The highest BCUT2D eigenvalue weighted by Crippen LogP contribution is 2.38. The van der Waals surface area contributed by atoms with Crippen LogP contribution in [-0.2, 0) is 4.79 Å². The smallest absolute Gasteiger partial charge is 0.308 e. The summed E-state index contributed by atoms with van der Waals surface area (Å²) in [6.45, 7) is 1.35. The molecule has 2 rings (SSSR count). The Morgan fingerprint density at radius 1 is 1.10 bits per heavy atom. The lowest BCUT2D eigenvalue weighted by Crippen LogP contribution is -2.04. The van der Waals surface area contributed by atoms with E-state index >= 15 is 0 Å². The highest BCUT2D eigenvalue weighted by molar-refractivity contribution is 14.1. The number of phenolic OH excluding ortho intramolecular Hbond substituents is 1. The van der Waals surface area contributed by atoms with Gasteiger partial charge in [0.15, 0.2) is 11.5 Å². The molecule has 0 radical (unpaired) electrons.